The highest BCUT2D eigenvalue weighted by Gasteiger charge is 2.42. The van der Waals surface area contributed by atoms with Gasteiger partial charge in [-0.2, -0.15) is 0 Å². The molecule has 0 radical (unpaired) electrons. The zero-order chi connectivity index (χ0) is 24.0. The molecule has 0 aromatic heterocycles. The highest BCUT2D eigenvalue weighted by Crippen LogP contribution is 2.33. The van der Waals surface area contributed by atoms with Crippen molar-refractivity contribution in [1.82, 2.24) is 20.4 Å². The molecule has 0 unspecified atom stereocenters. The van der Waals surface area contributed by atoms with Crippen LogP contribution in [0.1, 0.15) is 58.9 Å². The van der Waals surface area contributed by atoms with Crippen LogP contribution >= 0.6 is 0 Å². The van der Waals surface area contributed by atoms with Gasteiger partial charge in [-0.3, -0.25) is 9.59 Å². The molecule has 2 saturated heterocycles. The van der Waals surface area contributed by atoms with Gasteiger partial charge in [-0.25, -0.2) is 0 Å². The Morgan fingerprint density at radius 3 is 2.52 bits per heavy atom. The first-order valence-electron chi connectivity index (χ1n) is 12.7. The Balaban J connectivity index is 1.69. The predicted octanol–water partition coefficient (Wildman–Crippen LogP) is 3.07. The minimum atomic E-state index is -0.479. The molecule has 1 aromatic carbocycles. The molecule has 0 aliphatic carbocycles. The van der Waals surface area contributed by atoms with Crippen molar-refractivity contribution in [1.29, 1.82) is 0 Å². The van der Waals surface area contributed by atoms with Crippen molar-refractivity contribution in [2.45, 2.75) is 77.9 Å². The molecule has 2 N–H and O–H groups in total. The van der Waals surface area contributed by atoms with Gasteiger partial charge in [0.15, 0.2) is 0 Å². The van der Waals surface area contributed by atoms with Crippen LogP contribution in [0, 0.1) is 11.3 Å². The van der Waals surface area contributed by atoms with Crippen LogP contribution in [0.15, 0.2) is 30.3 Å². The normalized spacial score (nSPS) is 23.5. The summed E-state index contributed by atoms with van der Waals surface area (Å²) in [5, 5.41) is 6.05. The fraction of sp³-hybridized carbons (Fsp3) is 0.704. The second-order valence-corrected chi connectivity index (χ2v) is 11.2. The Bertz CT molecular complexity index is 776. The summed E-state index contributed by atoms with van der Waals surface area (Å²) in [6.45, 7) is 12.1. The van der Waals surface area contributed by atoms with Crippen LogP contribution in [-0.4, -0.2) is 73.0 Å². The molecule has 4 atom stereocenters. The SMILES string of the molecule is CN[C@@H](C)C(=O)N[C@@H](CC(C)(C)C)C(=O)N1CC[C@H]2CCCN(CCc3ccccc3)C[C@H]21. The third-order valence-corrected chi connectivity index (χ3v) is 7.28. The van der Waals surface area contributed by atoms with E-state index in [0.29, 0.717) is 12.3 Å². The molecule has 184 valence electrons. The second kappa shape index (κ2) is 11.5. The summed E-state index contributed by atoms with van der Waals surface area (Å²) in [6.07, 6.45) is 5.13. The van der Waals surface area contributed by atoms with Gasteiger partial charge in [-0.15, -0.1) is 0 Å². The Morgan fingerprint density at radius 1 is 1.12 bits per heavy atom. The molecule has 2 aliphatic rings. The summed E-state index contributed by atoms with van der Waals surface area (Å²) < 4.78 is 0. The average molecular weight is 457 g/mol. The van der Waals surface area contributed by atoms with Crippen LogP contribution in [-0.2, 0) is 16.0 Å². The lowest BCUT2D eigenvalue weighted by molar-refractivity contribution is -0.138. The lowest BCUT2D eigenvalue weighted by Crippen LogP contribution is -2.56. The van der Waals surface area contributed by atoms with Crippen molar-refractivity contribution in [2.24, 2.45) is 11.3 Å². The maximum absolute atomic E-state index is 13.8. The standard InChI is InChI=1S/C27H44N4O2/c1-20(28-5)25(32)29-23(18-27(2,3)4)26(33)31-17-14-22-12-9-15-30(19-24(22)31)16-13-21-10-7-6-8-11-21/h6-8,10-11,20,22-24,28H,9,12-19H2,1-5H3,(H,29,32)/t20-,22+,23-,24+/m0/s1. The minimum Gasteiger partial charge on any atom is -0.343 e. The van der Waals surface area contributed by atoms with E-state index in [-0.39, 0.29) is 29.3 Å². The first kappa shape index (κ1) is 25.7. The van der Waals surface area contributed by atoms with E-state index in [1.165, 1.54) is 18.4 Å². The number of amides is 2. The van der Waals surface area contributed by atoms with Crippen molar-refractivity contribution in [2.75, 3.05) is 33.2 Å². The fourth-order valence-electron chi connectivity index (χ4n) is 5.28. The fourth-order valence-corrected chi connectivity index (χ4v) is 5.28. The van der Waals surface area contributed by atoms with Crippen molar-refractivity contribution >= 4 is 11.8 Å². The highest BCUT2D eigenvalue weighted by atomic mass is 16.2. The number of nitrogens with one attached hydrogen (secondary N) is 2. The molecule has 6 heteroatoms. The van der Waals surface area contributed by atoms with Crippen LogP contribution in [0.3, 0.4) is 0 Å². The molecule has 1 aromatic rings. The van der Waals surface area contributed by atoms with E-state index in [9.17, 15) is 9.59 Å². The lowest BCUT2D eigenvalue weighted by atomic mass is 9.87. The van der Waals surface area contributed by atoms with E-state index < -0.39 is 6.04 Å². The van der Waals surface area contributed by atoms with E-state index in [1.807, 2.05) is 6.92 Å². The maximum Gasteiger partial charge on any atom is 0.245 e. The molecule has 3 rings (SSSR count). The number of hydrogen-bond acceptors (Lipinski definition) is 4. The van der Waals surface area contributed by atoms with Crippen molar-refractivity contribution in [3.63, 3.8) is 0 Å². The van der Waals surface area contributed by atoms with Gasteiger partial charge in [0.25, 0.3) is 0 Å². The van der Waals surface area contributed by atoms with Gasteiger partial charge in [0.2, 0.25) is 11.8 Å². The Kier molecular flexibility index (Phi) is 8.94. The second-order valence-electron chi connectivity index (χ2n) is 11.2. The zero-order valence-corrected chi connectivity index (χ0v) is 21.3. The molecule has 0 spiro atoms. The van der Waals surface area contributed by atoms with E-state index >= 15 is 0 Å². The number of fused-ring (bicyclic) bond motifs is 1. The maximum atomic E-state index is 13.8. The van der Waals surface area contributed by atoms with Crippen LogP contribution in [0.5, 0.6) is 0 Å². The van der Waals surface area contributed by atoms with Crippen LogP contribution in [0.4, 0.5) is 0 Å². The molecule has 2 aliphatic heterocycles. The van der Waals surface area contributed by atoms with Crippen molar-refractivity contribution < 1.29 is 9.59 Å². The number of nitrogens with zero attached hydrogens (tertiary/aromatic N) is 2. The third kappa shape index (κ3) is 7.28. The summed E-state index contributed by atoms with van der Waals surface area (Å²) in [7, 11) is 1.77. The zero-order valence-electron chi connectivity index (χ0n) is 21.3. The van der Waals surface area contributed by atoms with E-state index in [1.54, 1.807) is 7.05 Å². The molecule has 2 amide bonds. The molecule has 33 heavy (non-hydrogen) atoms. The topological polar surface area (TPSA) is 64.7 Å². The quantitative estimate of drug-likeness (QED) is 0.631. The van der Waals surface area contributed by atoms with Gasteiger partial charge in [-0.1, -0.05) is 51.1 Å². The average Bonchev–Trinajstić information content (AvgIpc) is 3.06. The summed E-state index contributed by atoms with van der Waals surface area (Å²) in [5.74, 6) is 0.554. The number of likely N-dealkylation sites (N-methyl/N-ethyl adjacent to an activating group) is 1. The molecule has 2 heterocycles. The number of rotatable bonds is 8. The van der Waals surface area contributed by atoms with Gasteiger partial charge in [0.05, 0.1) is 6.04 Å². The van der Waals surface area contributed by atoms with Gasteiger partial charge >= 0.3 is 0 Å². The van der Waals surface area contributed by atoms with Crippen LogP contribution < -0.4 is 10.6 Å². The van der Waals surface area contributed by atoms with E-state index in [4.69, 9.17) is 0 Å². The Morgan fingerprint density at radius 2 is 1.85 bits per heavy atom. The summed E-state index contributed by atoms with van der Waals surface area (Å²) in [4.78, 5) is 31.1. The molecular formula is C27H44N4O2. The lowest BCUT2D eigenvalue weighted by Gasteiger charge is -2.35. The molecule has 6 nitrogen and oxygen atoms in total. The number of carbonyl (C=O) groups is 2. The largest absolute Gasteiger partial charge is 0.343 e. The van der Waals surface area contributed by atoms with Crippen LogP contribution in [0.2, 0.25) is 0 Å². The smallest absolute Gasteiger partial charge is 0.245 e. The predicted molar refractivity (Wildman–Crippen MR) is 134 cm³/mol. The third-order valence-electron chi connectivity index (χ3n) is 7.28. The molecule has 0 bridgehead atoms. The van der Waals surface area contributed by atoms with Gasteiger partial charge < -0.3 is 20.4 Å². The van der Waals surface area contributed by atoms with Gasteiger partial charge in [0, 0.05) is 25.7 Å². The molecule has 2 fully saturated rings. The number of likely N-dealkylation sites (tertiary alicyclic amines) is 2. The van der Waals surface area contributed by atoms with Gasteiger partial charge in [-0.05, 0) is 69.5 Å². The van der Waals surface area contributed by atoms with Crippen molar-refractivity contribution in [3.05, 3.63) is 35.9 Å². The Hall–Kier alpha value is -1.92. The number of benzene rings is 1. The number of carbonyl (C=O) groups excluding carboxylic acids is 2. The summed E-state index contributed by atoms with van der Waals surface area (Å²) in [5.41, 5.74) is 1.31. The number of hydrogen-bond donors (Lipinski definition) is 2. The molecule has 0 saturated carbocycles. The Labute approximate surface area is 200 Å². The van der Waals surface area contributed by atoms with Crippen LogP contribution in [0.25, 0.3) is 0 Å². The molecular weight excluding hydrogens is 412 g/mol. The monoisotopic (exact) mass is 456 g/mol. The summed E-state index contributed by atoms with van der Waals surface area (Å²) >= 11 is 0. The van der Waals surface area contributed by atoms with Crippen molar-refractivity contribution in [3.8, 4) is 0 Å². The van der Waals surface area contributed by atoms with E-state index in [0.717, 1.165) is 39.0 Å². The highest BCUT2D eigenvalue weighted by molar-refractivity contribution is 5.90. The first-order chi connectivity index (χ1) is 15.7. The summed E-state index contributed by atoms with van der Waals surface area (Å²) in [6, 6.07) is 10.1. The first-order valence-corrected chi connectivity index (χ1v) is 12.7. The minimum absolute atomic E-state index is 0.0548. The van der Waals surface area contributed by atoms with E-state index in [2.05, 4.69) is 71.5 Å². The van der Waals surface area contributed by atoms with Gasteiger partial charge in [0.1, 0.15) is 6.04 Å².